The lowest BCUT2D eigenvalue weighted by Gasteiger charge is -2.12. The van der Waals surface area contributed by atoms with E-state index in [1.807, 2.05) is 12.1 Å². The third kappa shape index (κ3) is 5.63. The van der Waals surface area contributed by atoms with Gasteiger partial charge in [0, 0.05) is 23.5 Å². The van der Waals surface area contributed by atoms with Gasteiger partial charge >= 0.3 is 0 Å². The summed E-state index contributed by atoms with van der Waals surface area (Å²) in [6.45, 7) is 3.87. The lowest BCUT2D eigenvalue weighted by Crippen LogP contribution is -2.28. The van der Waals surface area contributed by atoms with Gasteiger partial charge < -0.3 is 10.6 Å². The SMILES string of the molecule is CC(CC(=O)NCCCNC1CC1)c1ccc(Br)cc1. The molecule has 2 N–H and O–H groups in total. The van der Waals surface area contributed by atoms with E-state index in [0.29, 0.717) is 6.42 Å². The number of amides is 1. The van der Waals surface area contributed by atoms with E-state index in [-0.39, 0.29) is 11.8 Å². The molecule has 0 spiro atoms. The van der Waals surface area contributed by atoms with Crippen LogP contribution in [0.15, 0.2) is 28.7 Å². The molecule has 1 saturated carbocycles. The first-order valence-electron chi connectivity index (χ1n) is 7.40. The van der Waals surface area contributed by atoms with Crippen LogP contribution in [0.1, 0.15) is 44.1 Å². The summed E-state index contributed by atoms with van der Waals surface area (Å²) in [7, 11) is 0. The summed E-state index contributed by atoms with van der Waals surface area (Å²) < 4.78 is 1.07. The van der Waals surface area contributed by atoms with Gasteiger partial charge in [0.15, 0.2) is 0 Å². The van der Waals surface area contributed by atoms with Gasteiger partial charge in [-0.25, -0.2) is 0 Å². The molecule has 4 heteroatoms. The number of nitrogens with one attached hydrogen (secondary N) is 2. The molecule has 1 amide bonds. The number of halogens is 1. The Hall–Kier alpha value is -0.870. The molecule has 3 nitrogen and oxygen atoms in total. The minimum atomic E-state index is 0.145. The van der Waals surface area contributed by atoms with Crippen LogP contribution in [0.5, 0.6) is 0 Å². The van der Waals surface area contributed by atoms with Crippen molar-refractivity contribution in [3.05, 3.63) is 34.3 Å². The number of hydrogen-bond acceptors (Lipinski definition) is 2. The van der Waals surface area contributed by atoms with Gasteiger partial charge in [-0.15, -0.1) is 0 Å². The van der Waals surface area contributed by atoms with E-state index in [9.17, 15) is 4.79 Å². The monoisotopic (exact) mass is 338 g/mol. The van der Waals surface area contributed by atoms with E-state index < -0.39 is 0 Å². The molecule has 110 valence electrons. The maximum Gasteiger partial charge on any atom is 0.220 e. The van der Waals surface area contributed by atoms with E-state index in [1.165, 1.54) is 18.4 Å². The van der Waals surface area contributed by atoms with Crippen LogP contribution in [0.4, 0.5) is 0 Å². The van der Waals surface area contributed by atoms with Crippen molar-refractivity contribution in [3.63, 3.8) is 0 Å². The molecule has 0 radical (unpaired) electrons. The van der Waals surface area contributed by atoms with Crippen molar-refractivity contribution >= 4 is 21.8 Å². The van der Waals surface area contributed by atoms with Gasteiger partial charge in [-0.3, -0.25) is 4.79 Å². The highest BCUT2D eigenvalue weighted by atomic mass is 79.9. The fourth-order valence-electron chi connectivity index (χ4n) is 2.17. The molecule has 0 bridgehead atoms. The van der Waals surface area contributed by atoms with Gasteiger partial charge in [0.2, 0.25) is 5.91 Å². The molecule has 1 aromatic rings. The highest BCUT2D eigenvalue weighted by Crippen LogP contribution is 2.21. The summed E-state index contributed by atoms with van der Waals surface area (Å²) in [6.07, 6.45) is 4.20. The summed E-state index contributed by atoms with van der Waals surface area (Å²) >= 11 is 3.42. The van der Waals surface area contributed by atoms with Crippen LogP contribution >= 0.6 is 15.9 Å². The molecule has 2 rings (SSSR count). The average Bonchev–Trinajstić information content (AvgIpc) is 3.23. The van der Waals surface area contributed by atoms with Crippen molar-refractivity contribution in [2.45, 2.75) is 44.6 Å². The summed E-state index contributed by atoms with van der Waals surface area (Å²) in [5, 5.41) is 6.45. The van der Waals surface area contributed by atoms with Crippen LogP contribution in [0.3, 0.4) is 0 Å². The zero-order chi connectivity index (χ0) is 14.4. The van der Waals surface area contributed by atoms with E-state index in [0.717, 1.165) is 30.0 Å². The van der Waals surface area contributed by atoms with Crippen LogP contribution in [-0.4, -0.2) is 25.0 Å². The van der Waals surface area contributed by atoms with Gasteiger partial charge in [-0.1, -0.05) is 35.0 Å². The summed E-state index contributed by atoms with van der Waals surface area (Å²) in [6, 6.07) is 8.94. The van der Waals surface area contributed by atoms with Crippen LogP contribution in [0.25, 0.3) is 0 Å². The smallest absolute Gasteiger partial charge is 0.220 e. The Morgan fingerprint density at radius 2 is 2.00 bits per heavy atom. The molecule has 1 aliphatic carbocycles. The third-order valence-corrected chi connectivity index (χ3v) is 4.15. The lowest BCUT2D eigenvalue weighted by atomic mass is 9.97. The summed E-state index contributed by atoms with van der Waals surface area (Å²) in [4.78, 5) is 11.9. The van der Waals surface area contributed by atoms with Crippen molar-refractivity contribution in [2.24, 2.45) is 0 Å². The van der Waals surface area contributed by atoms with Crippen molar-refractivity contribution in [3.8, 4) is 0 Å². The molecule has 0 saturated heterocycles. The predicted octanol–water partition coefficient (Wildman–Crippen LogP) is 3.20. The van der Waals surface area contributed by atoms with Gasteiger partial charge in [-0.2, -0.15) is 0 Å². The van der Waals surface area contributed by atoms with Crippen molar-refractivity contribution in [2.75, 3.05) is 13.1 Å². The number of rotatable bonds is 8. The highest BCUT2D eigenvalue weighted by Gasteiger charge is 2.19. The predicted molar refractivity (Wildman–Crippen MR) is 85.8 cm³/mol. The number of carbonyl (C=O) groups is 1. The fourth-order valence-corrected chi connectivity index (χ4v) is 2.43. The topological polar surface area (TPSA) is 41.1 Å². The van der Waals surface area contributed by atoms with E-state index >= 15 is 0 Å². The third-order valence-electron chi connectivity index (χ3n) is 3.62. The zero-order valence-corrected chi connectivity index (χ0v) is 13.6. The standard InChI is InChI=1S/C16H23BrN2O/c1-12(13-3-5-14(17)6-4-13)11-16(20)19-10-2-9-18-15-7-8-15/h3-6,12,15,18H,2,7-11H2,1H3,(H,19,20). The maximum atomic E-state index is 11.9. The maximum absolute atomic E-state index is 11.9. The van der Waals surface area contributed by atoms with Gasteiger partial charge in [0.25, 0.3) is 0 Å². The van der Waals surface area contributed by atoms with E-state index in [1.54, 1.807) is 0 Å². The number of carbonyl (C=O) groups excluding carboxylic acids is 1. The quantitative estimate of drug-likeness (QED) is 0.714. The van der Waals surface area contributed by atoms with Crippen molar-refractivity contribution in [1.82, 2.24) is 10.6 Å². The van der Waals surface area contributed by atoms with Crippen LogP contribution in [-0.2, 0) is 4.79 Å². The molecule has 1 atom stereocenters. The zero-order valence-electron chi connectivity index (χ0n) is 12.0. The Morgan fingerprint density at radius 3 is 2.65 bits per heavy atom. The molecule has 20 heavy (non-hydrogen) atoms. The van der Waals surface area contributed by atoms with Crippen LogP contribution in [0, 0.1) is 0 Å². The molecule has 1 aromatic carbocycles. The van der Waals surface area contributed by atoms with E-state index in [4.69, 9.17) is 0 Å². The Morgan fingerprint density at radius 1 is 1.30 bits per heavy atom. The van der Waals surface area contributed by atoms with Crippen LogP contribution in [0.2, 0.25) is 0 Å². The van der Waals surface area contributed by atoms with Gasteiger partial charge in [0.05, 0.1) is 0 Å². The van der Waals surface area contributed by atoms with Gasteiger partial charge in [-0.05, 0) is 49.4 Å². The molecular weight excluding hydrogens is 316 g/mol. The largest absolute Gasteiger partial charge is 0.356 e. The van der Waals surface area contributed by atoms with Crippen molar-refractivity contribution < 1.29 is 4.79 Å². The first kappa shape index (κ1) is 15.5. The average molecular weight is 339 g/mol. The second-order valence-corrected chi connectivity index (χ2v) is 6.50. The molecule has 1 fully saturated rings. The highest BCUT2D eigenvalue weighted by molar-refractivity contribution is 9.10. The second kappa shape index (κ2) is 7.79. The Balaban J connectivity index is 1.61. The van der Waals surface area contributed by atoms with Gasteiger partial charge in [0.1, 0.15) is 0 Å². The molecule has 0 aliphatic heterocycles. The molecule has 1 aliphatic rings. The second-order valence-electron chi connectivity index (χ2n) is 5.59. The van der Waals surface area contributed by atoms with E-state index in [2.05, 4.69) is 45.6 Å². The molecule has 0 heterocycles. The minimum absolute atomic E-state index is 0.145. The fraction of sp³-hybridized carbons (Fsp3) is 0.562. The summed E-state index contributed by atoms with van der Waals surface area (Å²) in [5.41, 5.74) is 1.21. The minimum Gasteiger partial charge on any atom is -0.356 e. The molecular formula is C16H23BrN2O. The Kier molecular flexibility index (Phi) is 6.05. The first-order chi connectivity index (χ1) is 9.65. The first-order valence-corrected chi connectivity index (χ1v) is 8.20. The molecule has 0 aromatic heterocycles. The number of hydrogen-bond donors (Lipinski definition) is 2. The van der Waals surface area contributed by atoms with Crippen LogP contribution < -0.4 is 10.6 Å². The lowest BCUT2D eigenvalue weighted by molar-refractivity contribution is -0.121. The normalized spacial score (nSPS) is 15.9. The Labute approximate surface area is 129 Å². The molecule has 1 unspecified atom stereocenters. The Bertz CT molecular complexity index is 429. The van der Waals surface area contributed by atoms with Crippen molar-refractivity contribution in [1.29, 1.82) is 0 Å². The summed E-state index contributed by atoms with van der Waals surface area (Å²) in [5.74, 6) is 0.402. The number of benzene rings is 1.